The first-order valence-corrected chi connectivity index (χ1v) is 6.73. The third kappa shape index (κ3) is 10.3. The van der Waals surface area contributed by atoms with E-state index in [0.717, 1.165) is 0 Å². The van der Waals surface area contributed by atoms with Crippen LogP contribution in [0.5, 0.6) is 0 Å². The van der Waals surface area contributed by atoms with Crippen LogP contribution in [0.4, 0.5) is 0 Å². The van der Waals surface area contributed by atoms with Gasteiger partial charge in [-0.15, -0.1) is 11.8 Å². The van der Waals surface area contributed by atoms with Crippen molar-refractivity contribution in [3.8, 4) is 0 Å². The predicted molar refractivity (Wildman–Crippen MR) is 66.9 cm³/mol. The summed E-state index contributed by atoms with van der Waals surface area (Å²) in [7, 11) is 0. The van der Waals surface area contributed by atoms with Gasteiger partial charge in [0.1, 0.15) is 13.2 Å². The molecule has 0 heterocycles. The Kier molecular flexibility index (Phi) is 10.5. The van der Waals surface area contributed by atoms with E-state index in [1.54, 1.807) is 0 Å². The highest BCUT2D eigenvalue weighted by Gasteiger charge is 2.06. The molecule has 0 fully saturated rings. The minimum Gasteiger partial charge on any atom is -0.464 e. The number of esters is 2. The normalized spacial score (nSPS) is 9.73. The number of carbonyl (C=O) groups is 2. The molecule has 0 aromatic heterocycles. The van der Waals surface area contributed by atoms with Gasteiger partial charge in [0.05, 0.1) is 11.5 Å². The summed E-state index contributed by atoms with van der Waals surface area (Å²) >= 11 is 8.96. The van der Waals surface area contributed by atoms with E-state index >= 15 is 0 Å². The van der Waals surface area contributed by atoms with Gasteiger partial charge >= 0.3 is 11.9 Å². The van der Waals surface area contributed by atoms with Crippen molar-refractivity contribution in [2.75, 3.05) is 36.2 Å². The van der Waals surface area contributed by atoms with Gasteiger partial charge in [0, 0.05) is 11.5 Å². The molecule has 0 saturated carbocycles. The van der Waals surface area contributed by atoms with Crippen LogP contribution in [0.3, 0.4) is 0 Å². The number of carbonyl (C=O) groups excluding carboxylic acids is 2. The second-order valence-electron chi connectivity index (χ2n) is 2.38. The average molecular weight is 270 g/mol. The number of thioether (sulfide) groups is 1. The SMILES string of the molecule is O=C(CSCC(=O)OCCS)OCCS. The Bertz CT molecular complexity index is 178. The predicted octanol–water partition coefficient (Wildman–Crippen LogP) is 0.666. The maximum Gasteiger partial charge on any atom is 0.315 e. The monoisotopic (exact) mass is 270 g/mol. The van der Waals surface area contributed by atoms with Crippen LogP contribution in [0.2, 0.25) is 0 Å². The molecule has 0 saturated heterocycles. The molecule has 0 aliphatic carbocycles. The van der Waals surface area contributed by atoms with Gasteiger partial charge in [0.15, 0.2) is 0 Å². The van der Waals surface area contributed by atoms with Gasteiger partial charge in [0.2, 0.25) is 0 Å². The van der Waals surface area contributed by atoms with Crippen molar-refractivity contribution >= 4 is 49.0 Å². The fraction of sp³-hybridized carbons (Fsp3) is 0.750. The Balaban J connectivity index is 3.36. The maximum absolute atomic E-state index is 11.0. The lowest BCUT2D eigenvalue weighted by atomic mass is 10.7. The van der Waals surface area contributed by atoms with Crippen LogP contribution in [0, 0.1) is 0 Å². The Morgan fingerprint density at radius 1 is 0.933 bits per heavy atom. The molecule has 4 nitrogen and oxygen atoms in total. The lowest BCUT2D eigenvalue weighted by Gasteiger charge is -2.03. The molecule has 0 aromatic rings. The molecule has 0 rings (SSSR count). The van der Waals surface area contributed by atoms with Crippen LogP contribution >= 0.6 is 37.0 Å². The van der Waals surface area contributed by atoms with Gasteiger partial charge in [-0.1, -0.05) is 0 Å². The quantitative estimate of drug-likeness (QED) is 0.501. The molecule has 0 aliphatic heterocycles. The first-order valence-electron chi connectivity index (χ1n) is 4.31. The third-order valence-electron chi connectivity index (χ3n) is 1.15. The van der Waals surface area contributed by atoms with Gasteiger partial charge in [-0.2, -0.15) is 25.3 Å². The van der Waals surface area contributed by atoms with E-state index in [0.29, 0.717) is 24.7 Å². The molecule has 7 heteroatoms. The van der Waals surface area contributed by atoms with E-state index in [9.17, 15) is 9.59 Å². The Morgan fingerprint density at radius 3 is 1.67 bits per heavy atom. The Morgan fingerprint density at radius 2 is 1.33 bits per heavy atom. The van der Waals surface area contributed by atoms with Crippen LogP contribution in [0.1, 0.15) is 0 Å². The molecular weight excluding hydrogens is 256 g/mol. The van der Waals surface area contributed by atoms with Crippen LogP contribution < -0.4 is 0 Å². The van der Waals surface area contributed by atoms with E-state index in [1.165, 1.54) is 11.8 Å². The highest BCUT2D eigenvalue weighted by molar-refractivity contribution is 8.00. The third-order valence-corrected chi connectivity index (χ3v) is 2.39. The van der Waals surface area contributed by atoms with Crippen molar-refractivity contribution in [3.63, 3.8) is 0 Å². The highest BCUT2D eigenvalue weighted by Crippen LogP contribution is 2.01. The number of hydrogen-bond donors (Lipinski definition) is 2. The standard InChI is InChI=1S/C8H14O4S3/c9-7(11-1-3-13)5-15-6-8(10)12-2-4-14/h13-14H,1-6H2. The minimum atomic E-state index is -0.337. The molecule has 0 atom stereocenters. The zero-order valence-corrected chi connectivity index (χ0v) is 10.8. The lowest BCUT2D eigenvalue weighted by molar-refractivity contribution is -0.140. The molecule has 0 aliphatic rings. The van der Waals surface area contributed by atoms with Crippen LogP contribution in [-0.4, -0.2) is 48.2 Å². The van der Waals surface area contributed by atoms with Crippen molar-refractivity contribution in [3.05, 3.63) is 0 Å². The first-order chi connectivity index (χ1) is 7.20. The molecule has 0 aromatic carbocycles. The summed E-state index contributed by atoms with van der Waals surface area (Å²) < 4.78 is 9.51. The smallest absolute Gasteiger partial charge is 0.315 e. The number of ether oxygens (including phenoxy) is 2. The molecule has 0 unspecified atom stereocenters. The molecular formula is C8H14O4S3. The van der Waals surface area contributed by atoms with Crippen LogP contribution in [0.15, 0.2) is 0 Å². The van der Waals surface area contributed by atoms with Gasteiger partial charge < -0.3 is 9.47 Å². The summed E-state index contributed by atoms with van der Waals surface area (Å²) in [6.45, 7) is 0.596. The molecule has 0 bridgehead atoms. The van der Waals surface area contributed by atoms with E-state index in [4.69, 9.17) is 9.47 Å². The van der Waals surface area contributed by atoms with Crippen molar-refractivity contribution < 1.29 is 19.1 Å². The van der Waals surface area contributed by atoms with Crippen molar-refractivity contribution in [1.29, 1.82) is 0 Å². The van der Waals surface area contributed by atoms with Crippen LogP contribution in [-0.2, 0) is 19.1 Å². The summed E-state index contributed by atoms with van der Waals surface area (Å²) in [5, 5.41) is 0. The molecule has 88 valence electrons. The highest BCUT2D eigenvalue weighted by atomic mass is 32.2. The van der Waals surface area contributed by atoms with E-state index in [2.05, 4.69) is 25.3 Å². The molecule has 15 heavy (non-hydrogen) atoms. The topological polar surface area (TPSA) is 52.6 Å². The molecule has 0 amide bonds. The zero-order valence-electron chi connectivity index (χ0n) is 8.18. The largest absolute Gasteiger partial charge is 0.464 e. The van der Waals surface area contributed by atoms with Gasteiger partial charge in [-0.05, 0) is 0 Å². The number of hydrogen-bond acceptors (Lipinski definition) is 7. The minimum absolute atomic E-state index is 0.157. The zero-order chi connectivity index (χ0) is 11.5. The lowest BCUT2D eigenvalue weighted by Crippen LogP contribution is -2.13. The maximum atomic E-state index is 11.0. The Labute approximate surface area is 104 Å². The molecule has 0 spiro atoms. The van der Waals surface area contributed by atoms with E-state index in [1.807, 2.05) is 0 Å². The van der Waals surface area contributed by atoms with Crippen molar-refractivity contribution in [2.45, 2.75) is 0 Å². The molecule has 0 radical (unpaired) electrons. The second-order valence-corrected chi connectivity index (χ2v) is 4.26. The summed E-state index contributed by atoms with van der Waals surface area (Å²) in [5.74, 6) is 0.640. The van der Waals surface area contributed by atoms with E-state index in [-0.39, 0.29) is 23.4 Å². The Hall–Kier alpha value is -0.0100. The van der Waals surface area contributed by atoms with Crippen molar-refractivity contribution in [1.82, 2.24) is 0 Å². The summed E-state index contributed by atoms with van der Waals surface area (Å²) in [6.07, 6.45) is 0. The average Bonchev–Trinajstić information content (AvgIpc) is 2.23. The summed E-state index contributed by atoms with van der Waals surface area (Å²) in [6, 6.07) is 0. The van der Waals surface area contributed by atoms with Crippen molar-refractivity contribution in [2.24, 2.45) is 0 Å². The first kappa shape index (κ1) is 15.0. The van der Waals surface area contributed by atoms with Crippen LogP contribution in [0.25, 0.3) is 0 Å². The van der Waals surface area contributed by atoms with Gasteiger partial charge in [0.25, 0.3) is 0 Å². The fourth-order valence-electron chi connectivity index (χ4n) is 0.620. The fourth-order valence-corrected chi connectivity index (χ4v) is 1.40. The second kappa shape index (κ2) is 10.5. The number of rotatable bonds is 8. The van der Waals surface area contributed by atoms with Gasteiger partial charge in [-0.25, -0.2) is 0 Å². The molecule has 0 N–H and O–H groups in total. The number of thiol groups is 2. The summed E-state index contributed by atoms with van der Waals surface area (Å²) in [5.41, 5.74) is 0. The van der Waals surface area contributed by atoms with E-state index < -0.39 is 0 Å². The van der Waals surface area contributed by atoms with Gasteiger partial charge in [-0.3, -0.25) is 9.59 Å². The summed E-state index contributed by atoms with van der Waals surface area (Å²) in [4.78, 5) is 21.9.